The molecule has 1 heterocycles. The number of anilines is 1. The Morgan fingerprint density at radius 2 is 2.47 bits per heavy atom. The molecule has 0 aliphatic rings. The number of nitrogens with one attached hydrogen (secondary N) is 2. The van der Waals surface area contributed by atoms with Crippen LogP contribution in [-0.2, 0) is 11.2 Å². The molecular formula is C10H18N4O. The summed E-state index contributed by atoms with van der Waals surface area (Å²) in [6.45, 7) is 3.91. The van der Waals surface area contributed by atoms with E-state index in [4.69, 9.17) is 5.73 Å². The zero-order valence-corrected chi connectivity index (χ0v) is 9.21. The number of hydrogen-bond acceptors (Lipinski definition) is 3. The Balaban J connectivity index is 2.37. The Morgan fingerprint density at radius 1 is 1.73 bits per heavy atom. The van der Waals surface area contributed by atoms with Crippen LogP contribution in [0.25, 0.3) is 0 Å². The Labute approximate surface area is 89.4 Å². The van der Waals surface area contributed by atoms with E-state index in [0.29, 0.717) is 18.7 Å². The first-order valence-electron chi connectivity index (χ1n) is 5.21. The summed E-state index contributed by atoms with van der Waals surface area (Å²) in [5.74, 6) is 0.544. The normalized spacial score (nSPS) is 12.5. The largest absolute Gasteiger partial charge is 0.328 e. The fourth-order valence-corrected chi connectivity index (χ4v) is 1.17. The van der Waals surface area contributed by atoms with Gasteiger partial charge < -0.3 is 11.1 Å². The van der Waals surface area contributed by atoms with Gasteiger partial charge in [0.05, 0.1) is 0 Å². The third-order valence-electron chi connectivity index (χ3n) is 2.11. The number of hydrogen-bond donors (Lipinski definition) is 3. The number of nitrogens with two attached hydrogens (primary N) is 1. The van der Waals surface area contributed by atoms with Crippen molar-refractivity contribution in [3.05, 3.63) is 11.8 Å². The molecule has 0 saturated carbocycles. The molecular weight excluding hydrogens is 192 g/mol. The fourth-order valence-electron chi connectivity index (χ4n) is 1.17. The van der Waals surface area contributed by atoms with Crippen LogP contribution in [0.2, 0.25) is 0 Å². The van der Waals surface area contributed by atoms with E-state index in [0.717, 1.165) is 12.1 Å². The van der Waals surface area contributed by atoms with Crippen LogP contribution >= 0.6 is 0 Å². The minimum atomic E-state index is -0.0403. The highest BCUT2D eigenvalue weighted by molar-refractivity contribution is 5.89. The van der Waals surface area contributed by atoms with Crippen molar-refractivity contribution in [2.45, 2.75) is 39.2 Å². The maximum atomic E-state index is 11.4. The zero-order valence-electron chi connectivity index (χ0n) is 9.21. The number of aryl methyl sites for hydroxylation is 1. The molecule has 84 valence electrons. The van der Waals surface area contributed by atoms with Gasteiger partial charge in [-0.1, -0.05) is 6.92 Å². The van der Waals surface area contributed by atoms with Gasteiger partial charge in [0.15, 0.2) is 5.82 Å². The Kier molecular flexibility index (Phi) is 4.30. The highest BCUT2D eigenvalue weighted by Crippen LogP contribution is 2.06. The minimum absolute atomic E-state index is 0.0403. The highest BCUT2D eigenvalue weighted by atomic mass is 16.1. The van der Waals surface area contributed by atoms with Crippen LogP contribution < -0.4 is 11.1 Å². The number of carbonyl (C=O) groups excluding carboxylic acids is 1. The Morgan fingerprint density at radius 3 is 3.00 bits per heavy atom. The molecule has 1 aromatic heterocycles. The summed E-state index contributed by atoms with van der Waals surface area (Å²) in [5, 5.41) is 9.52. The smallest absolute Gasteiger partial charge is 0.225 e. The van der Waals surface area contributed by atoms with E-state index in [1.165, 1.54) is 0 Å². The monoisotopic (exact) mass is 210 g/mol. The van der Waals surface area contributed by atoms with Crippen molar-refractivity contribution in [1.82, 2.24) is 10.2 Å². The average molecular weight is 210 g/mol. The third-order valence-corrected chi connectivity index (χ3v) is 2.11. The lowest BCUT2D eigenvalue weighted by atomic mass is 10.2. The summed E-state index contributed by atoms with van der Waals surface area (Å²) in [6, 6.07) is 1.89. The van der Waals surface area contributed by atoms with E-state index in [9.17, 15) is 4.79 Å². The van der Waals surface area contributed by atoms with Gasteiger partial charge >= 0.3 is 0 Å². The predicted octanol–water partition coefficient (Wildman–Crippen LogP) is 1.04. The Bertz CT molecular complexity index is 319. The number of H-pyrrole nitrogens is 1. The van der Waals surface area contributed by atoms with Crippen molar-refractivity contribution in [2.75, 3.05) is 5.32 Å². The quantitative estimate of drug-likeness (QED) is 0.679. The molecule has 1 aromatic rings. The average Bonchev–Trinajstić information content (AvgIpc) is 2.62. The number of nitrogens with zero attached hydrogens (tertiary/aromatic N) is 1. The molecule has 4 N–H and O–H groups in total. The molecule has 0 fully saturated rings. The van der Waals surface area contributed by atoms with E-state index in [2.05, 4.69) is 15.5 Å². The van der Waals surface area contributed by atoms with Gasteiger partial charge in [0, 0.05) is 24.2 Å². The summed E-state index contributed by atoms with van der Waals surface area (Å²) in [7, 11) is 0. The molecule has 0 spiro atoms. The van der Waals surface area contributed by atoms with E-state index in [-0.39, 0.29) is 11.9 Å². The highest BCUT2D eigenvalue weighted by Gasteiger charge is 2.06. The maximum Gasteiger partial charge on any atom is 0.225 e. The summed E-state index contributed by atoms with van der Waals surface area (Å²) in [4.78, 5) is 11.4. The summed E-state index contributed by atoms with van der Waals surface area (Å²) in [5.41, 5.74) is 6.57. The summed E-state index contributed by atoms with van der Waals surface area (Å²) in [6.07, 6.45) is 2.01. The lowest BCUT2D eigenvalue weighted by Crippen LogP contribution is -2.19. The molecule has 1 unspecified atom stereocenters. The minimum Gasteiger partial charge on any atom is -0.328 e. The van der Waals surface area contributed by atoms with Crippen LogP contribution in [-0.4, -0.2) is 22.1 Å². The number of aromatic nitrogens is 2. The van der Waals surface area contributed by atoms with Crippen LogP contribution in [0.4, 0.5) is 5.82 Å². The molecule has 0 bridgehead atoms. The third kappa shape index (κ3) is 4.12. The number of aromatic amines is 1. The topological polar surface area (TPSA) is 83.8 Å². The van der Waals surface area contributed by atoms with Crippen LogP contribution in [0, 0.1) is 0 Å². The fraction of sp³-hybridized carbons (Fsp3) is 0.600. The molecule has 0 aliphatic heterocycles. The number of rotatable bonds is 5. The van der Waals surface area contributed by atoms with Crippen molar-refractivity contribution < 1.29 is 4.79 Å². The van der Waals surface area contributed by atoms with E-state index < -0.39 is 0 Å². The van der Waals surface area contributed by atoms with Crippen molar-refractivity contribution in [2.24, 2.45) is 5.73 Å². The van der Waals surface area contributed by atoms with E-state index >= 15 is 0 Å². The van der Waals surface area contributed by atoms with Gasteiger partial charge in [0.1, 0.15) is 0 Å². The van der Waals surface area contributed by atoms with Crippen molar-refractivity contribution in [3.8, 4) is 0 Å². The van der Waals surface area contributed by atoms with Crippen molar-refractivity contribution in [1.29, 1.82) is 0 Å². The first-order valence-corrected chi connectivity index (χ1v) is 5.21. The lowest BCUT2D eigenvalue weighted by molar-refractivity contribution is -0.116. The predicted molar refractivity (Wildman–Crippen MR) is 59.5 cm³/mol. The molecule has 0 saturated heterocycles. The molecule has 1 rings (SSSR count). The maximum absolute atomic E-state index is 11.4. The standard InChI is InChI=1S/C10H18N4O/c1-3-8-6-9(14-13-8)12-10(15)5-4-7(2)11/h6-7H,3-5,11H2,1-2H3,(H2,12,13,14,15). The zero-order chi connectivity index (χ0) is 11.3. The second-order valence-electron chi connectivity index (χ2n) is 3.70. The lowest BCUT2D eigenvalue weighted by Gasteiger charge is -2.03. The van der Waals surface area contributed by atoms with Gasteiger partial charge in [0.2, 0.25) is 5.91 Å². The van der Waals surface area contributed by atoms with E-state index in [1.54, 1.807) is 0 Å². The first-order chi connectivity index (χ1) is 7.11. The Hall–Kier alpha value is -1.36. The summed E-state index contributed by atoms with van der Waals surface area (Å²) < 4.78 is 0. The second-order valence-corrected chi connectivity index (χ2v) is 3.70. The van der Waals surface area contributed by atoms with Crippen LogP contribution in [0.15, 0.2) is 6.07 Å². The first kappa shape index (κ1) is 11.7. The van der Waals surface area contributed by atoms with Gasteiger partial charge in [-0.3, -0.25) is 9.89 Å². The van der Waals surface area contributed by atoms with Crippen molar-refractivity contribution >= 4 is 11.7 Å². The molecule has 0 aromatic carbocycles. The SMILES string of the molecule is CCc1cc(NC(=O)CCC(C)N)n[nH]1. The number of carbonyl (C=O) groups is 1. The van der Waals surface area contributed by atoms with Crippen LogP contribution in [0.1, 0.15) is 32.4 Å². The summed E-state index contributed by atoms with van der Waals surface area (Å²) >= 11 is 0. The molecule has 0 radical (unpaired) electrons. The molecule has 5 heteroatoms. The molecule has 0 aliphatic carbocycles. The van der Waals surface area contributed by atoms with Crippen LogP contribution in [0.3, 0.4) is 0 Å². The van der Waals surface area contributed by atoms with Crippen molar-refractivity contribution in [3.63, 3.8) is 0 Å². The van der Waals surface area contributed by atoms with Gasteiger partial charge in [0.25, 0.3) is 0 Å². The second kappa shape index (κ2) is 5.50. The van der Waals surface area contributed by atoms with Gasteiger partial charge in [-0.15, -0.1) is 0 Å². The molecule has 5 nitrogen and oxygen atoms in total. The van der Waals surface area contributed by atoms with Crippen LogP contribution in [0.5, 0.6) is 0 Å². The number of amides is 1. The van der Waals surface area contributed by atoms with Gasteiger partial charge in [-0.25, -0.2) is 0 Å². The van der Waals surface area contributed by atoms with Gasteiger partial charge in [-0.05, 0) is 19.8 Å². The van der Waals surface area contributed by atoms with E-state index in [1.807, 2.05) is 19.9 Å². The van der Waals surface area contributed by atoms with Gasteiger partial charge in [-0.2, -0.15) is 5.10 Å². The molecule has 1 amide bonds. The molecule has 1 atom stereocenters. The molecule has 15 heavy (non-hydrogen) atoms.